The fraction of sp³-hybridized carbons (Fsp3) is 0.105. The van der Waals surface area contributed by atoms with E-state index in [1.54, 1.807) is 0 Å². The van der Waals surface area contributed by atoms with E-state index in [0.717, 1.165) is 16.7 Å². The van der Waals surface area contributed by atoms with Gasteiger partial charge in [-0.1, -0.05) is 66.2 Å². The SMILES string of the molecule is COC=C(C(=O)OC)c1ccccc1C=Cc1ccccc1Cl. The number of carbonyl (C=O) groups is 1. The standard InChI is InChI=1S/C19H17ClO3/c1-22-13-17(19(21)23-2)16-9-5-3-7-14(16)11-12-15-8-4-6-10-18(15)20/h3-13H,1-2H3. The zero-order valence-corrected chi connectivity index (χ0v) is 13.7. The van der Waals surface area contributed by atoms with Crippen LogP contribution in [0.5, 0.6) is 0 Å². The first kappa shape index (κ1) is 16.8. The van der Waals surface area contributed by atoms with Crippen LogP contribution in [0.2, 0.25) is 5.02 Å². The minimum Gasteiger partial charge on any atom is -0.503 e. The Morgan fingerprint density at radius 2 is 1.57 bits per heavy atom. The van der Waals surface area contributed by atoms with Crippen molar-refractivity contribution in [1.29, 1.82) is 0 Å². The average molecular weight is 329 g/mol. The van der Waals surface area contributed by atoms with Gasteiger partial charge >= 0.3 is 5.97 Å². The first-order valence-corrected chi connectivity index (χ1v) is 7.38. The number of rotatable bonds is 5. The lowest BCUT2D eigenvalue weighted by Crippen LogP contribution is -2.05. The lowest BCUT2D eigenvalue weighted by atomic mass is 9.99. The molecule has 0 spiro atoms. The maximum absolute atomic E-state index is 12.0. The number of benzene rings is 2. The van der Waals surface area contributed by atoms with Gasteiger partial charge in [-0.25, -0.2) is 4.79 Å². The molecule has 0 saturated carbocycles. The smallest absolute Gasteiger partial charge is 0.341 e. The molecule has 0 atom stereocenters. The first-order chi connectivity index (χ1) is 11.2. The lowest BCUT2D eigenvalue weighted by molar-refractivity contribution is -0.133. The molecular formula is C19H17ClO3. The van der Waals surface area contributed by atoms with Crippen molar-refractivity contribution in [3.63, 3.8) is 0 Å². The second kappa shape index (κ2) is 8.20. The second-order valence-electron chi connectivity index (χ2n) is 4.70. The van der Waals surface area contributed by atoms with Crippen molar-refractivity contribution in [3.05, 3.63) is 76.5 Å². The molecule has 0 bridgehead atoms. The van der Waals surface area contributed by atoms with Gasteiger partial charge in [-0.05, 0) is 22.8 Å². The van der Waals surface area contributed by atoms with Crippen molar-refractivity contribution in [2.75, 3.05) is 14.2 Å². The first-order valence-electron chi connectivity index (χ1n) is 7.00. The Labute approximate surface area is 140 Å². The van der Waals surface area contributed by atoms with Gasteiger partial charge in [0.25, 0.3) is 0 Å². The van der Waals surface area contributed by atoms with Gasteiger partial charge in [0.05, 0.1) is 20.5 Å². The van der Waals surface area contributed by atoms with Crippen LogP contribution in [0.1, 0.15) is 16.7 Å². The van der Waals surface area contributed by atoms with Crippen molar-refractivity contribution in [2.45, 2.75) is 0 Å². The number of ether oxygens (including phenoxy) is 2. The Morgan fingerprint density at radius 3 is 2.22 bits per heavy atom. The van der Waals surface area contributed by atoms with Crippen molar-refractivity contribution >= 4 is 35.3 Å². The van der Waals surface area contributed by atoms with Crippen LogP contribution in [-0.4, -0.2) is 20.2 Å². The number of halogens is 1. The van der Waals surface area contributed by atoms with Gasteiger partial charge in [-0.15, -0.1) is 0 Å². The van der Waals surface area contributed by atoms with Crippen molar-refractivity contribution in [1.82, 2.24) is 0 Å². The summed E-state index contributed by atoms with van der Waals surface area (Å²) in [6.07, 6.45) is 5.19. The highest BCUT2D eigenvalue weighted by Gasteiger charge is 2.15. The van der Waals surface area contributed by atoms with Gasteiger partial charge < -0.3 is 9.47 Å². The lowest BCUT2D eigenvalue weighted by Gasteiger charge is -2.09. The molecule has 2 aromatic rings. The van der Waals surface area contributed by atoms with Crippen molar-refractivity contribution in [3.8, 4) is 0 Å². The quantitative estimate of drug-likeness (QED) is 0.346. The van der Waals surface area contributed by atoms with Crippen molar-refractivity contribution in [2.24, 2.45) is 0 Å². The highest BCUT2D eigenvalue weighted by molar-refractivity contribution is 6.32. The summed E-state index contributed by atoms with van der Waals surface area (Å²) in [5.74, 6) is -0.453. The van der Waals surface area contributed by atoms with Crippen LogP contribution in [0.4, 0.5) is 0 Å². The third-order valence-electron chi connectivity index (χ3n) is 3.24. The van der Waals surface area contributed by atoms with Gasteiger partial charge in [0.2, 0.25) is 0 Å². The Morgan fingerprint density at radius 1 is 0.957 bits per heavy atom. The Hall–Kier alpha value is -2.52. The third-order valence-corrected chi connectivity index (χ3v) is 3.58. The summed E-state index contributed by atoms with van der Waals surface area (Å²) in [7, 11) is 2.83. The zero-order chi connectivity index (χ0) is 16.7. The van der Waals surface area contributed by atoms with E-state index >= 15 is 0 Å². The maximum atomic E-state index is 12.0. The molecule has 0 fully saturated rings. The second-order valence-corrected chi connectivity index (χ2v) is 5.11. The minimum absolute atomic E-state index is 0.356. The fourth-order valence-corrected chi connectivity index (χ4v) is 2.33. The summed E-state index contributed by atoms with van der Waals surface area (Å²) in [6.45, 7) is 0. The molecule has 0 heterocycles. The molecule has 118 valence electrons. The van der Waals surface area contributed by atoms with E-state index in [0.29, 0.717) is 10.6 Å². The van der Waals surface area contributed by atoms with Gasteiger partial charge in [0.1, 0.15) is 5.57 Å². The van der Waals surface area contributed by atoms with Gasteiger partial charge in [0.15, 0.2) is 0 Å². The Bertz CT molecular complexity index is 748. The normalized spacial score (nSPS) is 11.5. The monoisotopic (exact) mass is 328 g/mol. The molecule has 0 radical (unpaired) electrons. The topological polar surface area (TPSA) is 35.5 Å². The van der Waals surface area contributed by atoms with E-state index in [1.165, 1.54) is 20.5 Å². The highest BCUT2D eigenvalue weighted by Crippen LogP contribution is 2.24. The van der Waals surface area contributed by atoms with Crippen molar-refractivity contribution < 1.29 is 14.3 Å². The zero-order valence-electron chi connectivity index (χ0n) is 13.0. The molecule has 0 aliphatic carbocycles. The van der Waals surface area contributed by atoms with E-state index < -0.39 is 5.97 Å². The summed E-state index contributed by atoms with van der Waals surface area (Å²) >= 11 is 6.16. The van der Waals surface area contributed by atoms with Crippen LogP contribution in [0, 0.1) is 0 Å². The summed E-state index contributed by atoms with van der Waals surface area (Å²) < 4.78 is 9.83. The average Bonchev–Trinajstić information content (AvgIpc) is 2.59. The molecule has 0 aromatic heterocycles. The van der Waals surface area contributed by atoms with E-state index in [9.17, 15) is 4.79 Å². The maximum Gasteiger partial charge on any atom is 0.341 e. The minimum atomic E-state index is -0.453. The van der Waals surface area contributed by atoms with Gasteiger partial charge in [-0.3, -0.25) is 0 Å². The van der Waals surface area contributed by atoms with E-state index in [-0.39, 0.29) is 0 Å². The predicted molar refractivity (Wildman–Crippen MR) is 93.8 cm³/mol. The summed E-state index contributed by atoms with van der Waals surface area (Å²) in [6, 6.07) is 15.1. The number of esters is 1. The van der Waals surface area contributed by atoms with Gasteiger partial charge in [-0.2, -0.15) is 0 Å². The third kappa shape index (κ3) is 4.24. The molecule has 0 amide bonds. The highest BCUT2D eigenvalue weighted by atomic mass is 35.5. The van der Waals surface area contributed by atoms with Crippen LogP contribution in [0.25, 0.3) is 17.7 Å². The largest absolute Gasteiger partial charge is 0.503 e. The van der Waals surface area contributed by atoms with Crippen LogP contribution in [-0.2, 0) is 14.3 Å². The molecule has 0 aliphatic heterocycles. The summed E-state index contributed by atoms with van der Waals surface area (Å²) in [5.41, 5.74) is 2.85. The van der Waals surface area contributed by atoms with Crippen LogP contribution in [0.15, 0.2) is 54.8 Å². The molecule has 4 heteroatoms. The molecule has 0 N–H and O–H groups in total. The van der Waals surface area contributed by atoms with E-state index in [1.807, 2.05) is 60.7 Å². The molecule has 0 saturated heterocycles. The number of methoxy groups -OCH3 is 2. The van der Waals surface area contributed by atoms with E-state index in [4.69, 9.17) is 21.1 Å². The Kier molecular flexibility index (Phi) is 6.01. The molecule has 23 heavy (non-hydrogen) atoms. The number of hydrogen-bond donors (Lipinski definition) is 0. The van der Waals surface area contributed by atoms with Crippen LogP contribution in [0.3, 0.4) is 0 Å². The fourth-order valence-electron chi connectivity index (χ4n) is 2.13. The molecule has 2 aromatic carbocycles. The van der Waals surface area contributed by atoms with Crippen LogP contribution >= 0.6 is 11.6 Å². The van der Waals surface area contributed by atoms with Crippen LogP contribution < -0.4 is 0 Å². The molecular weight excluding hydrogens is 312 g/mol. The predicted octanol–water partition coefficient (Wildman–Crippen LogP) is 4.67. The Balaban J connectivity index is 2.43. The number of carbonyl (C=O) groups excluding carboxylic acids is 1. The van der Waals surface area contributed by atoms with Gasteiger partial charge in [0, 0.05) is 5.02 Å². The molecule has 0 unspecified atom stereocenters. The summed E-state index contributed by atoms with van der Waals surface area (Å²) in [5, 5.41) is 0.668. The molecule has 3 nitrogen and oxygen atoms in total. The number of hydrogen-bond acceptors (Lipinski definition) is 3. The van der Waals surface area contributed by atoms with E-state index in [2.05, 4.69) is 0 Å². The molecule has 0 aliphatic rings. The summed E-state index contributed by atoms with van der Waals surface area (Å²) in [4.78, 5) is 12.0. The molecule has 2 rings (SSSR count).